The molecule has 1 saturated heterocycles. The van der Waals surface area contributed by atoms with Gasteiger partial charge in [-0.1, -0.05) is 34.6 Å². The van der Waals surface area contributed by atoms with Crippen LogP contribution in [0, 0.1) is 11.3 Å². The molecule has 0 aromatic carbocycles. The van der Waals surface area contributed by atoms with Crippen molar-refractivity contribution < 1.29 is 4.79 Å². The molecule has 0 aromatic rings. The molecule has 2 unspecified atom stereocenters. The molecule has 0 aromatic heterocycles. The minimum Gasteiger partial charge on any atom is -0.353 e. The lowest BCUT2D eigenvalue weighted by Gasteiger charge is -2.36. The number of hydrogen-bond donors (Lipinski definition) is 2. The van der Waals surface area contributed by atoms with E-state index >= 15 is 0 Å². The van der Waals surface area contributed by atoms with Crippen LogP contribution in [0.4, 0.5) is 0 Å². The van der Waals surface area contributed by atoms with Crippen LogP contribution in [0.2, 0.25) is 0 Å². The summed E-state index contributed by atoms with van der Waals surface area (Å²) in [6, 6.07) is 0.390. The zero-order valence-electron chi connectivity index (χ0n) is 10.6. The van der Waals surface area contributed by atoms with Crippen molar-refractivity contribution in [2.45, 2.75) is 53.1 Å². The van der Waals surface area contributed by atoms with Gasteiger partial charge in [0.1, 0.15) is 0 Å². The van der Waals surface area contributed by atoms with Crippen molar-refractivity contribution >= 4 is 5.91 Å². The zero-order chi connectivity index (χ0) is 11.6. The summed E-state index contributed by atoms with van der Waals surface area (Å²) in [5.41, 5.74) is 0.307. The lowest BCUT2D eigenvalue weighted by atomic mass is 9.86. The van der Waals surface area contributed by atoms with Crippen molar-refractivity contribution in [3.63, 3.8) is 0 Å². The normalized spacial score (nSPS) is 28.0. The second kappa shape index (κ2) is 4.52. The Bertz CT molecular complexity index is 230. The van der Waals surface area contributed by atoms with E-state index in [0.29, 0.717) is 17.4 Å². The van der Waals surface area contributed by atoms with Crippen molar-refractivity contribution in [1.29, 1.82) is 0 Å². The summed E-state index contributed by atoms with van der Waals surface area (Å²) in [5, 5.41) is 6.43. The van der Waals surface area contributed by atoms with Gasteiger partial charge in [-0.2, -0.15) is 0 Å². The van der Waals surface area contributed by atoms with E-state index in [1.807, 2.05) is 0 Å². The van der Waals surface area contributed by atoms with Crippen LogP contribution in [0.3, 0.4) is 0 Å². The molecule has 1 aliphatic rings. The molecule has 2 N–H and O–H groups in total. The molecule has 88 valence electrons. The summed E-state index contributed by atoms with van der Waals surface area (Å²) in [5.74, 6) is 0.503. The number of nitrogens with one attached hydrogen (secondary N) is 2. The second-order valence-electron chi connectivity index (χ2n) is 6.10. The number of rotatable bonds is 2. The molecule has 15 heavy (non-hydrogen) atoms. The Hall–Kier alpha value is -0.570. The second-order valence-corrected chi connectivity index (χ2v) is 6.10. The molecule has 3 nitrogen and oxygen atoms in total. The molecule has 3 heteroatoms. The zero-order valence-corrected chi connectivity index (χ0v) is 10.6. The molecule has 0 saturated carbocycles. The summed E-state index contributed by atoms with van der Waals surface area (Å²) in [6.45, 7) is 11.6. The lowest BCUT2D eigenvalue weighted by Crippen LogP contribution is -2.60. The molecule has 2 atom stereocenters. The van der Waals surface area contributed by atoms with Gasteiger partial charge in [-0.05, 0) is 17.8 Å². The minimum atomic E-state index is -0.0221. The highest BCUT2D eigenvalue weighted by atomic mass is 16.2. The Morgan fingerprint density at radius 1 is 1.40 bits per heavy atom. The van der Waals surface area contributed by atoms with E-state index in [1.54, 1.807) is 0 Å². The van der Waals surface area contributed by atoms with Gasteiger partial charge in [-0.15, -0.1) is 0 Å². The van der Waals surface area contributed by atoms with Gasteiger partial charge in [-0.25, -0.2) is 0 Å². The average molecular weight is 212 g/mol. The van der Waals surface area contributed by atoms with Gasteiger partial charge in [0.2, 0.25) is 5.91 Å². The van der Waals surface area contributed by atoms with Gasteiger partial charge in [0.05, 0.1) is 6.04 Å². The van der Waals surface area contributed by atoms with Crippen molar-refractivity contribution in [2.75, 3.05) is 6.54 Å². The molecule has 0 aliphatic carbocycles. The third-order valence-electron chi connectivity index (χ3n) is 2.75. The van der Waals surface area contributed by atoms with Crippen molar-refractivity contribution in [1.82, 2.24) is 10.6 Å². The quantitative estimate of drug-likeness (QED) is 0.729. The number of carbonyl (C=O) groups excluding carboxylic acids is 1. The van der Waals surface area contributed by atoms with E-state index in [2.05, 4.69) is 45.3 Å². The van der Waals surface area contributed by atoms with Gasteiger partial charge in [0, 0.05) is 12.6 Å². The fourth-order valence-electron chi connectivity index (χ4n) is 2.09. The van der Waals surface area contributed by atoms with E-state index in [1.165, 1.54) is 0 Å². The van der Waals surface area contributed by atoms with Crippen LogP contribution in [-0.2, 0) is 4.79 Å². The Morgan fingerprint density at radius 2 is 2.00 bits per heavy atom. The standard InChI is InChI=1S/C12H24N2O/c1-8(2)10-11(15)13-7-9(14-10)6-12(3,4)5/h8-10,14H,6-7H2,1-5H3,(H,13,15). The van der Waals surface area contributed by atoms with Crippen LogP contribution in [0.1, 0.15) is 41.0 Å². The summed E-state index contributed by atoms with van der Waals surface area (Å²) in [7, 11) is 0. The highest BCUT2D eigenvalue weighted by Gasteiger charge is 2.31. The number of amides is 1. The first-order valence-electron chi connectivity index (χ1n) is 5.83. The SMILES string of the molecule is CC(C)C1NC(CC(C)(C)C)CNC1=O. The maximum atomic E-state index is 11.6. The highest BCUT2D eigenvalue weighted by Crippen LogP contribution is 2.22. The smallest absolute Gasteiger partial charge is 0.237 e. The molecule has 1 amide bonds. The van der Waals surface area contributed by atoms with E-state index < -0.39 is 0 Å². The van der Waals surface area contributed by atoms with Crippen LogP contribution in [0.25, 0.3) is 0 Å². The molecule has 0 spiro atoms. The largest absolute Gasteiger partial charge is 0.353 e. The summed E-state index contributed by atoms with van der Waals surface area (Å²) >= 11 is 0. The van der Waals surface area contributed by atoms with Gasteiger partial charge >= 0.3 is 0 Å². The Kier molecular flexibility index (Phi) is 3.77. The summed E-state index contributed by atoms with van der Waals surface area (Å²) in [4.78, 5) is 11.6. The topological polar surface area (TPSA) is 41.1 Å². The first-order chi connectivity index (χ1) is 6.79. The highest BCUT2D eigenvalue weighted by molar-refractivity contribution is 5.82. The van der Waals surface area contributed by atoms with Gasteiger partial charge < -0.3 is 10.6 Å². The Balaban J connectivity index is 2.54. The van der Waals surface area contributed by atoms with Crippen molar-refractivity contribution in [3.8, 4) is 0 Å². The Morgan fingerprint density at radius 3 is 2.47 bits per heavy atom. The third-order valence-corrected chi connectivity index (χ3v) is 2.75. The molecule has 0 radical (unpaired) electrons. The fraction of sp³-hybridized carbons (Fsp3) is 0.917. The lowest BCUT2D eigenvalue weighted by molar-refractivity contribution is -0.126. The van der Waals surface area contributed by atoms with Crippen LogP contribution in [0.15, 0.2) is 0 Å². The van der Waals surface area contributed by atoms with E-state index in [-0.39, 0.29) is 11.9 Å². The first-order valence-corrected chi connectivity index (χ1v) is 5.83. The fourth-order valence-corrected chi connectivity index (χ4v) is 2.09. The third kappa shape index (κ3) is 3.82. The minimum absolute atomic E-state index is 0.0221. The van der Waals surface area contributed by atoms with E-state index in [0.717, 1.165) is 13.0 Å². The average Bonchev–Trinajstić information content (AvgIpc) is 2.05. The number of piperazine rings is 1. The van der Waals surface area contributed by atoms with Gasteiger partial charge in [0.25, 0.3) is 0 Å². The Labute approximate surface area is 93.0 Å². The number of hydrogen-bond acceptors (Lipinski definition) is 2. The van der Waals surface area contributed by atoms with Crippen LogP contribution >= 0.6 is 0 Å². The van der Waals surface area contributed by atoms with E-state index in [9.17, 15) is 4.79 Å². The van der Waals surface area contributed by atoms with Gasteiger partial charge in [0.15, 0.2) is 0 Å². The molecular formula is C12H24N2O. The monoisotopic (exact) mass is 212 g/mol. The summed E-state index contributed by atoms with van der Waals surface area (Å²) in [6.07, 6.45) is 1.09. The number of carbonyl (C=O) groups is 1. The summed E-state index contributed by atoms with van der Waals surface area (Å²) < 4.78 is 0. The maximum Gasteiger partial charge on any atom is 0.237 e. The van der Waals surface area contributed by atoms with Gasteiger partial charge in [-0.3, -0.25) is 4.79 Å². The molecule has 1 aliphatic heterocycles. The van der Waals surface area contributed by atoms with Crippen molar-refractivity contribution in [2.24, 2.45) is 11.3 Å². The predicted octanol–water partition coefficient (Wildman–Crippen LogP) is 1.54. The van der Waals surface area contributed by atoms with Crippen LogP contribution in [0.5, 0.6) is 0 Å². The van der Waals surface area contributed by atoms with Crippen molar-refractivity contribution in [3.05, 3.63) is 0 Å². The molecular weight excluding hydrogens is 188 g/mol. The molecule has 1 heterocycles. The maximum absolute atomic E-state index is 11.6. The first kappa shape index (κ1) is 12.5. The molecule has 1 rings (SSSR count). The molecule has 1 fully saturated rings. The molecule has 0 bridgehead atoms. The van der Waals surface area contributed by atoms with E-state index in [4.69, 9.17) is 0 Å². The predicted molar refractivity (Wildman–Crippen MR) is 62.6 cm³/mol. The van der Waals surface area contributed by atoms with Crippen LogP contribution < -0.4 is 10.6 Å². The van der Waals surface area contributed by atoms with Crippen LogP contribution in [-0.4, -0.2) is 24.5 Å².